The van der Waals surface area contributed by atoms with Gasteiger partial charge in [0.1, 0.15) is 15.6 Å². The number of ether oxygens (including phenoxy) is 1. The van der Waals surface area contributed by atoms with Gasteiger partial charge in [0.2, 0.25) is 0 Å². The first-order valence-corrected chi connectivity index (χ1v) is 8.96. The second-order valence-electron chi connectivity index (χ2n) is 4.91. The van der Waals surface area contributed by atoms with E-state index in [1.807, 2.05) is 48.9 Å². The molecule has 0 aliphatic carbocycles. The van der Waals surface area contributed by atoms with Crippen LogP contribution in [0.4, 0.5) is 5.69 Å². The number of hydrogen-bond acceptors (Lipinski definition) is 5. The molecule has 0 aliphatic heterocycles. The lowest BCUT2D eigenvalue weighted by Crippen LogP contribution is -2.10. The van der Waals surface area contributed by atoms with Gasteiger partial charge in [0.25, 0.3) is 5.91 Å². The minimum absolute atomic E-state index is 0.146. The summed E-state index contributed by atoms with van der Waals surface area (Å²) in [6.45, 7) is 4.53. The first-order chi connectivity index (χ1) is 11.2. The van der Waals surface area contributed by atoms with Crippen molar-refractivity contribution in [2.45, 2.75) is 13.8 Å². The van der Waals surface area contributed by atoms with Crippen molar-refractivity contribution in [1.29, 1.82) is 0 Å². The number of aryl methyl sites for hydroxylation is 1. The van der Waals surface area contributed by atoms with Crippen molar-refractivity contribution in [2.75, 3.05) is 11.9 Å². The third-order valence-electron chi connectivity index (χ3n) is 3.23. The van der Waals surface area contributed by atoms with Gasteiger partial charge in [-0.2, -0.15) is 11.3 Å². The smallest absolute Gasteiger partial charge is 0.267 e. The Morgan fingerprint density at radius 2 is 2.22 bits per heavy atom. The number of amides is 1. The largest absolute Gasteiger partial charge is 0.494 e. The van der Waals surface area contributed by atoms with E-state index in [4.69, 9.17) is 4.74 Å². The van der Waals surface area contributed by atoms with Gasteiger partial charge in [0, 0.05) is 16.6 Å². The van der Waals surface area contributed by atoms with Crippen LogP contribution in [-0.2, 0) is 0 Å². The van der Waals surface area contributed by atoms with E-state index in [1.165, 1.54) is 11.3 Å². The Labute approximate surface area is 142 Å². The van der Waals surface area contributed by atoms with E-state index in [0.717, 1.165) is 27.6 Å². The highest BCUT2D eigenvalue weighted by Gasteiger charge is 2.13. The molecule has 0 aliphatic rings. The molecule has 4 nitrogen and oxygen atoms in total. The van der Waals surface area contributed by atoms with E-state index < -0.39 is 0 Å². The van der Waals surface area contributed by atoms with Gasteiger partial charge in [-0.25, -0.2) is 4.98 Å². The predicted octanol–water partition coefficient (Wildman–Crippen LogP) is 4.83. The number of thiazole rings is 1. The number of anilines is 1. The summed E-state index contributed by atoms with van der Waals surface area (Å²) in [4.78, 5) is 17.3. The van der Waals surface area contributed by atoms with Gasteiger partial charge in [-0.3, -0.25) is 4.79 Å². The molecule has 2 aromatic heterocycles. The van der Waals surface area contributed by atoms with Crippen LogP contribution in [0.15, 0.2) is 41.2 Å². The fraction of sp³-hybridized carbons (Fsp3) is 0.176. The van der Waals surface area contributed by atoms with Crippen molar-refractivity contribution in [3.63, 3.8) is 0 Å². The van der Waals surface area contributed by atoms with Gasteiger partial charge in [-0.1, -0.05) is 0 Å². The summed E-state index contributed by atoms with van der Waals surface area (Å²) in [5.41, 5.74) is 2.80. The van der Waals surface area contributed by atoms with Crippen LogP contribution in [0.1, 0.15) is 22.2 Å². The fourth-order valence-electron chi connectivity index (χ4n) is 2.14. The summed E-state index contributed by atoms with van der Waals surface area (Å²) in [5, 5.41) is 7.79. The molecule has 0 bridgehead atoms. The molecule has 0 fully saturated rings. The Bertz CT molecular complexity index is 810. The van der Waals surface area contributed by atoms with Gasteiger partial charge < -0.3 is 10.1 Å². The fourth-order valence-corrected chi connectivity index (χ4v) is 3.66. The predicted molar refractivity (Wildman–Crippen MR) is 95.7 cm³/mol. The van der Waals surface area contributed by atoms with Crippen LogP contribution in [0.2, 0.25) is 0 Å². The van der Waals surface area contributed by atoms with Gasteiger partial charge in [-0.15, -0.1) is 11.3 Å². The molecule has 0 spiro atoms. The number of carbonyl (C=O) groups excluding carboxylic acids is 1. The monoisotopic (exact) mass is 344 g/mol. The zero-order valence-electron chi connectivity index (χ0n) is 12.8. The highest BCUT2D eigenvalue weighted by Crippen LogP contribution is 2.28. The average molecular weight is 344 g/mol. The SMILES string of the molecule is CCOc1ccc(NC(=O)c2cnc(-c3ccsc3)s2)cc1C. The number of benzene rings is 1. The van der Waals surface area contributed by atoms with E-state index in [-0.39, 0.29) is 5.91 Å². The van der Waals surface area contributed by atoms with Crippen molar-refractivity contribution in [2.24, 2.45) is 0 Å². The number of aromatic nitrogens is 1. The van der Waals surface area contributed by atoms with Crippen LogP contribution in [-0.4, -0.2) is 17.5 Å². The molecule has 0 unspecified atom stereocenters. The summed E-state index contributed by atoms with van der Waals surface area (Å²) < 4.78 is 5.51. The van der Waals surface area contributed by atoms with Crippen molar-refractivity contribution in [1.82, 2.24) is 4.98 Å². The van der Waals surface area contributed by atoms with Crippen LogP contribution in [0.25, 0.3) is 10.6 Å². The second kappa shape index (κ2) is 6.93. The Kier molecular flexibility index (Phi) is 4.73. The second-order valence-corrected chi connectivity index (χ2v) is 6.72. The first kappa shape index (κ1) is 15.7. The van der Waals surface area contributed by atoms with E-state index in [0.29, 0.717) is 11.5 Å². The Hall–Kier alpha value is -2.18. The Morgan fingerprint density at radius 1 is 1.35 bits per heavy atom. The molecule has 0 saturated carbocycles. The topological polar surface area (TPSA) is 51.2 Å². The van der Waals surface area contributed by atoms with Crippen molar-refractivity contribution < 1.29 is 9.53 Å². The van der Waals surface area contributed by atoms with E-state index in [2.05, 4.69) is 10.3 Å². The molecule has 0 radical (unpaired) electrons. The van der Waals surface area contributed by atoms with Crippen LogP contribution < -0.4 is 10.1 Å². The Morgan fingerprint density at radius 3 is 2.91 bits per heavy atom. The molecular weight excluding hydrogens is 328 g/mol. The number of hydrogen-bond donors (Lipinski definition) is 1. The number of thiophene rings is 1. The van der Waals surface area contributed by atoms with Crippen LogP contribution >= 0.6 is 22.7 Å². The molecule has 0 saturated heterocycles. The maximum Gasteiger partial charge on any atom is 0.267 e. The lowest BCUT2D eigenvalue weighted by molar-refractivity contribution is 0.103. The van der Waals surface area contributed by atoms with Gasteiger partial charge in [-0.05, 0) is 49.1 Å². The highest BCUT2D eigenvalue weighted by molar-refractivity contribution is 7.17. The summed E-state index contributed by atoms with van der Waals surface area (Å²) in [5.74, 6) is 0.690. The molecular formula is C17H16N2O2S2. The summed E-state index contributed by atoms with van der Waals surface area (Å²) in [6.07, 6.45) is 1.62. The summed E-state index contributed by atoms with van der Waals surface area (Å²) >= 11 is 3.01. The maximum atomic E-state index is 12.3. The third-order valence-corrected chi connectivity index (χ3v) is 4.96. The zero-order valence-corrected chi connectivity index (χ0v) is 14.5. The molecule has 1 amide bonds. The van der Waals surface area contributed by atoms with Crippen molar-refractivity contribution >= 4 is 34.3 Å². The Balaban J connectivity index is 1.73. The lowest BCUT2D eigenvalue weighted by atomic mass is 10.2. The van der Waals surface area contributed by atoms with Crippen LogP contribution in [0.5, 0.6) is 5.75 Å². The maximum absolute atomic E-state index is 12.3. The molecule has 1 N–H and O–H groups in total. The van der Waals surface area contributed by atoms with E-state index >= 15 is 0 Å². The van der Waals surface area contributed by atoms with Crippen molar-refractivity contribution in [3.05, 3.63) is 51.7 Å². The molecule has 2 heterocycles. The van der Waals surface area contributed by atoms with Gasteiger partial charge in [0.05, 0.1) is 12.8 Å². The van der Waals surface area contributed by atoms with E-state index in [1.54, 1.807) is 17.5 Å². The summed E-state index contributed by atoms with van der Waals surface area (Å²) in [6, 6.07) is 7.62. The normalized spacial score (nSPS) is 10.5. The van der Waals surface area contributed by atoms with Gasteiger partial charge in [0.15, 0.2) is 0 Å². The molecule has 118 valence electrons. The number of nitrogens with zero attached hydrogens (tertiary/aromatic N) is 1. The number of carbonyl (C=O) groups is 1. The number of rotatable bonds is 5. The molecule has 23 heavy (non-hydrogen) atoms. The number of nitrogens with one attached hydrogen (secondary N) is 1. The van der Waals surface area contributed by atoms with Gasteiger partial charge >= 0.3 is 0 Å². The molecule has 1 aromatic carbocycles. The van der Waals surface area contributed by atoms with Crippen molar-refractivity contribution in [3.8, 4) is 16.3 Å². The quantitative estimate of drug-likeness (QED) is 0.721. The molecule has 6 heteroatoms. The highest BCUT2D eigenvalue weighted by atomic mass is 32.1. The minimum atomic E-state index is -0.146. The first-order valence-electron chi connectivity index (χ1n) is 7.20. The van der Waals surface area contributed by atoms with E-state index in [9.17, 15) is 4.79 Å². The zero-order chi connectivity index (χ0) is 16.2. The average Bonchev–Trinajstić information content (AvgIpc) is 3.20. The van der Waals surface area contributed by atoms with Crippen LogP contribution in [0.3, 0.4) is 0 Å². The molecule has 0 atom stereocenters. The summed E-state index contributed by atoms with van der Waals surface area (Å²) in [7, 11) is 0. The minimum Gasteiger partial charge on any atom is -0.494 e. The molecule has 3 rings (SSSR count). The van der Waals surface area contributed by atoms with Crippen LogP contribution in [0, 0.1) is 6.92 Å². The standard InChI is InChI=1S/C17H16N2O2S2/c1-3-21-14-5-4-13(8-11(14)2)19-16(20)15-9-18-17(23-15)12-6-7-22-10-12/h4-10H,3H2,1-2H3,(H,19,20). The molecule has 3 aromatic rings. The third kappa shape index (κ3) is 3.60. The lowest BCUT2D eigenvalue weighted by Gasteiger charge is -2.09.